The van der Waals surface area contributed by atoms with Crippen LogP contribution >= 0.6 is 11.3 Å². The fraction of sp³-hybridized carbons (Fsp3) is 0.304. The number of anilines is 6. The molecule has 3 heterocycles. The minimum Gasteiger partial charge on any atom is -0.311 e. The summed E-state index contributed by atoms with van der Waals surface area (Å²) in [5.74, 6) is 0.499. The molecule has 8 aromatic carbocycles. The van der Waals surface area contributed by atoms with E-state index in [1.807, 2.05) is 11.3 Å². The maximum atomic E-state index is 2.81. The molecule has 0 bridgehead atoms. The average molecular weight is 967 g/mol. The van der Waals surface area contributed by atoms with Gasteiger partial charge in [-0.25, -0.2) is 0 Å². The smallest absolute Gasteiger partial charge is 0.254 e. The van der Waals surface area contributed by atoms with Gasteiger partial charge in [0, 0.05) is 59.6 Å². The van der Waals surface area contributed by atoms with E-state index in [2.05, 4.69) is 224 Å². The van der Waals surface area contributed by atoms with Crippen molar-refractivity contribution >= 4 is 88.7 Å². The van der Waals surface area contributed by atoms with E-state index in [1.165, 1.54) is 171 Å². The molecule has 362 valence electrons. The number of rotatable bonds is 4. The zero-order chi connectivity index (χ0) is 49.9. The first-order valence-corrected chi connectivity index (χ1v) is 28.3. The summed E-state index contributed by atoms with van der Waals surface area (Å²) in [6.45, 7) is 22.3. The van der Waals surface area contributed by atoms with Crippen molar-refractivity contribution in [1.29, 1.82) is 0 Å². The zero-order valence-electron chi connectivity index (χ0n) is 44.3. The van der Waals surface area contributed by atoms with Gasteiger partial charge < -0.3 is 9.80 Å². The van der Waals surface area contributed by atoms with E-state index in [-0.39, 0.29) is 28.4 Å². The topological polar surface area (TPSA) is 6.48 Å². The summed E-state index contributed by atoms with van der Waals surface area (Å²) >= 11 is 1.99. The molecule has 2 nitrogen and oxygen atoms in total. The molecular weight excluding hydrogens is 900 g/mol. The highest BCUT2D eigenvalue weighted by molar-refractivity contribution is 7.28. The zero-order valence-corrected chi connectivity index (χ0v) is 45.2. The van der Waals surface area contributed by atoms with Crippen LogP contribution in [0.5, 0.6) is 0 Å². The van der Waals surface area contributed by atoms with Crippen molar-refractivity contribution in [2.75, 3.05) is 9.80 Å². The molecule has 5 aliphatic rings. The Balaban J connectivity index is 1.16. The molecule has 0 spiro atoms. The van der Waals surface area contributed by atoms with Crippen LogP contribution in [0.1, 0.15) is 151 Å². The van der Waals surface area contributed by atoms with Crippen LogP contribution in [0.2, 0.25) is 0 Å². The maximum Gasteiger partial charge on any atom is 0.254 e. The van der Waals surface area contributed by atoms with Gasteiger partial charge in [0.15, 0.2) is 0 Å². The lowest BCUT2D eigenvalue weighted by molar-refractivity contribution is 0.332. The van der Waals surface area contributed by atoms with Gasteiger partial charge in [0.2, 0.25) is 0 Å². The molecule has 2 aliphatic heterocycles. The highest BCUT2D eigenvalue weighted by Crippen LogP contribution is 2.56. The normalized spacial score (nSPS) is 18.7. The number of benzene rings is 8. The van der Waals surface area contributed by atoms with Crippen LogP contribution < -0.4 is 26.2 Å². The molecule has 0 saturated heterocycles. The third kappa shape index (κ3) is 6.48. The second-order valence-corrected chi connectivity index (χ2v) is 26.0. The summed E-state index contributed by atoms with van der Waals surface area (Å²) in [6, 6.07) is 59.8. The van der Waals surface area contributed by atoms with Crippen molar-refractivity contribution in [3.8, 4) is 11.1 Å². The quantitative estimate of drug-likeness (QED) is 0.162. The Kier molecular flexibility index (Phi) is 9.82. The van der Waals surface area contributed by atoms with Gasteiger partial charge in [0.05, 0.1) is 5.69 Å². The van der Waals surface area contributed by atoms with Crippen molar-refractivity contribution in [3.63, 3.8) is 0 Å². The summed E-state index contributed by atoms with van der Waals surface area (Å²) in [7, 11) is 0. The number of thiophene rings is 1. The van der Waals surface area contributed by atoms with Crippen LogP contribution in [0.4, 0.5) is 34.1 Å². The van der Waals surface area contributed by atoms with Crippen LogP contribution in [0.3, 0.4) is 0 Å². The summed E-state index contributed by atoms with van der Waals surface area (Å²) in [6.07, 6.45) is 8.73. The predicted octanol–water partition coefficient (Wildman–Crippen LogP) is 17.5. The monoisotopic (exact) mass is 967 g/mol. The number of aryl methyl sites for hydroxylation is 1. The van der Waals surface area contributed by atoms with Crippen molar-refractivity contribution < 1.29 is 0 Å². The number of fused-ring (bicyclic) bond motifs is 11. The molecule has 0 N–H and O–H groups in total. The van der Waals surface area contributed by atoms with Crippen LogP contribution in [-0.2, 0) is 21.7 Å². The summed E-state index contributed by atoms with van der Waals surface area (Å²) in [5, 5.41) is 2.70. The molecule has 3 aliphatic carbocycles. The molecule has 1 fully saturated rings. The third-order valence-electron chi connectivity index (χ3n) is 19.1. The molecule has 4 heteroatoms. The van der Waals surface area contributed by atoms with Crippen molar-refractivity contribution in [3.05, 3.63) is 196 Å². The minimum absolute atomic E-state index is 0.0155. The van der Waals surface area contributed by atoms with Crippen LogP contribution in [-0.4, -0.2) is 6.71 Å². The van der Waals surface area contributed by atoms with Crippen molar-refractivity contribution in [1.82, 2.24) is 0 Å². The molecule has 14 rings (SSSR count). The molecule has 9 aromatic rings. The predicted molar refractivity (Wildman–Crippen MR) is 315 cm³/mol. The maximum absolute atomic E-state index is 2.81. The number of hydrogen-bond acceptors (Lipinski definition) is 3. The largest absolute Gasteiger partial charge is 0.311 e. The van der Waals surface area contributed by atoms with Gasteiger partial charge in [-0.1, -0.05) is 184 Å². The Bertz CT molecular complexity index is 3770. The van der Waals surface area contributed by atoms with Crippen molar-refractivity contribution in [2.24, 2.45) is 0 Å². The number of nitrogens with zero attached hydrogens (tertiary/aromatic N) is 2. The SMILES string of the molecule is Cc1cc2c(cc1N1c3cc4c(cc3B3c5c1cc(C1CCCCC1)cc5N(c1ccccc1-c1ccccc1)c1ccc5c(sc6ccccc65)c13)C(C)(C)c1ccccc1C4(C)C)C(C)(C)CCC2(C)C. The van der Waals surface area contributed by atoms with E-state index in [1.54, 1.807) is 0 Å². The summed E-state index contributed by atoms with van der Waals surface area (Å²) < 4.78 is 2.74. The lowest BCUT2D eigenvalue weighted by atomic mass is 9.33. The average Bonchev–Trinajstić information content (AvgIpc) is 3.79. The van der Waals surface area contributed by atoms with Gasteiger partial charge in [-0.3, -0.25) is 0 Å². The van der Waals surface area contributed by atoms with Crippen molar-refractivity contribution in [2.45, 2.75) is 135 Å². The molecule has 1 aromatic heterocycles. The first-order chi connectivity index (χ1) is 35.1. The highest BCUT2D eigenvalue weighted by atomic mass is 32.1. The highest BCUT2D eigenvalue weighted by Gasteiger charge is 2.50. The molecular formula is C69H67BN2S. The fourth-order valence-electron chi connectivity index (χ4n) is 14.9. The van der Waals surface area contributed by atoms with E-state index >= 15 is 0 Å². The minimum atomic E-state index is -0.214. The van der Waals surface area contributed by atoms with Crippen LogP contribution in [0.25, 0.3) is 31.3 Å². The Morgan fingerprint density at radius 3 is 1.77 bits per heavy atom. The van der Waals surface area contributed by atoms with Gasteiger partial charge in [0.25, 0.3) is 6.71 Å². The first-order valence-electron chi connectivity index (χ1n) is 27.4. The van der Waals surface area contributed by atoms with Crippen LogP contribution in [0, 0.1) is 6.92 Å². The Morgan fingerprint density at radius 2 is 1.05 bits per heavy atom. The first kappa shape index (κ1) is 45.3. The van der Waals surface area contributed by atoms with Gasteiger partial charge in [-0.05, 0) is 164 Å². The Hall–Kier alpha value is -6.36. The van der Waals surface area contributed by atoms with Gasteiger partial charge in [-0.2, -0.15) is 0 Å². The fourth-order valence-corrected chi connectivity index (χ4v) is 16.2. The molecule has 0 amide bonds. The molecule has 0 unspecified atom stereocenters. The Labute approximate surface area is 438 Å². The second kappa shape index (κ2) is 15.8. The van der Waals surface area contributed by atoms with E-state index in [0.29, 0.717) is 5.92 Å². The van der Waals surface area contributed by atoms with Gasteiger partial charge in [0.1, 0.15) is 0 Å². The summed E-state index contributed by atoms with van der Waals surface area (Å²) in [4.78, 5) is 5.53. The van der Waals surface area contributed by atoms with E-state index in [4.69, 9.17) is 0 Å². The molecule has 0 radical (unpaired) electrons. The van der Waals surface area contributed by atoms with Gasteiger partial charge in [-0.15, -0.1) is 11.3 Å². The number of para-hydroxylation sites is 1. The standard InChI is InChI=1S/C69H67BN2S/c1-42-36-51-52(67(4,5)35-34-66(51,2)3)40-58(42)72-59-41-54-53(68(6,7)49-28-18-19-29-50(49)69(54,8)9)39-55(59)70-63-60(37-45(38-61(63)72)43-22-12-10-13-23-43)71(56-30-20-16-26-46(56)44-24-14-11-15-25-44)57-33-32-48-47-27-17-21-31-62(47)73-65(48)64(57)70/h11,14-21,24-33,36-41,43H,10,12-13,22-23,34-35H2,1-9H3. The second-order valence-electron chi connectivity index (χ2n) is 25.0. The lowest BCUT2D eigenvalue weighted by Crippen LogP contribution is -2.62. The van der Waals surface area contributed by atoms with E-state index in [0.717, 1.165) is 0 Å². The van der Waals surface area contributed by atoms with E-state index < -0.39 is 0 Å². The number of hydrogen-bond donors (Lipinski definition) is 0. The molecule has 1 saturated carbocycles. The van der Waals surface area contributed by atoms with Gasteiger partial charge >= 0.3 is 0 Å². The van der Waals surface area contributed by atoms with Crippen LogP contribution in [0.15, 0.2) is 152 Å². The van der Waals surface area contributed by atoms with E-state index in [9.17, 15) is 0 Å². The molecule has 0 atom stereocenters. The lowest BCUT2D eigenvalue weighted by Gasteiger charge is -2.49. The Morgan fingerprint density at radius 1 is 0.466 bits per heavy atom. The molecule has 73 heavy (non-hydrogen) atoms. The summed E-state index contributed by atoms with van der Waals surface area (Å²) in [5.41, 5.74) is 26.0. The third-order valence-corrected chi connectivity index (χ3v) is 20.3.